The van der Waals surface area contributed by atoms with Gasteiger partial charge in [0.1, 0.15) is 37.1 Å². The van der Waals surface area contributed by atoms with Crippen molar-refractivity contribution in [3.05, 3.63) is 184 Å². The van der Waals surface area contributed by atoms with Crippen molar-refractivity contribution in [1.82, 2.24) is 0 Å². The first-order valence-corrected chi connectivity index (χ1v) is 17.2. The molecule has 288 valence electrons. The van der Waals surface area contributed by atoms with Crippen LogP contribution in [0.25, 0.3) is 62.7 Å². The monoisotopic (exact) mass is 768 g/mol. The van der Waals surface area contributed by atoms with Crippen molar-refractivity contribution >= 4 is 0 Å². The molecule has 0 aliphatic rings. The smallest absolute Gasteiger partial charge is 0.120 e. The molecule has 0 saturated heterocycles. The Labute approximate surface area is 325 Å². The molecule has 0 atom stereocenters. The van der Waals surface area contributed by atoms with Crippen LogP contribution in [0.15, 0.2) is 85.3 Å². The average molecular weight is 769 g/mol. The van der Waals surface area contributed by atoms with Gasteiger partial charge in [-0.1, -0.05) is 48.9 Å². The molecular formula is C36H36N18O3. The van der Waals surface area contributed by atoms with Crippen LogP contribution >= 0.6 is 0 Å². The van der Waals surface area contributed by atoms with E-state index in [4.69, 9.17) is 47.4 Å². The number of rotatable bonds is 21. The number of ether oxygens (including phenoxy) is 3. The van der Waals surface area contributed by atoms with Crippen LogP contribution in [0, 0.1) is 20.8 Å². The Morgan fingerprint density at radius 2 is 0.544 bits per heavy atom. The third kappa shape index (κ3) is 12.3. The minimum absolute atomic E-state index is 0.0752. The van der Waals surface area contributed by atoms with E-state index < -0.39 is 0 Å². The van der Waals surface area contributed by atoms with Crippen LogP contribution in [0.3, 0.4) is 0 Å². The Kier molecular flexibility index (Phi) is 16.0. The Morgan fingerprint density at radius 1 is 0.351 bits per heavy atom. The van der Waals surface area contributed by atoms with Gasteiger partial charge in [-0.15, -0.1) is 0 Å². The van der Waals surface area contributed by atoms with Crippen molar-refractivity contribution in [3.8, 4) is 17.2 Å². The molecule has 0 N–H and O–H groups in total. The van der Waals surface area contributed by atoms with E-state index in [-0.39, 0.29) is 59.1 Å². The van der Waals surface area contributed by atoms with Gasteiger partial charge in [0, 0.05) is 29.5 Å². The molecule has 21 heteroatoms. The molecule has 0 aromatic heterocycles. The van der Waals surface area contributed by atoms with Crippen LogP contribution < -0.4 is 14.2 Å². The van der Waals surface area contributed by atoms with Gasteiger partial charge in [0.25, 0.3) is 0 Å². The molecule has 4 rings (SSSR count). The molecule has 4 aromatic rings. The van der Waals surface area contributed by atoms with Crippen LogP contribution in [-0.4, -0.2) is 0 Å². The fraction of sp³-hybridized carbons (Fsp3) is 0.333. The first kappa shape index (κ1) is 41.9. The van der Waals surface area contributed by atoms with Crippen molar-refractivity contribution in [2.45, 2.75) is 79.9 Å². The second-order valence-electron chi connectivity index (χ2n) is 12.5. The summed E-state index contributed by atoms with van der Waals surface area (Å²) in [5, 5.41) is 22.0. The molecule has 21 nitrogen and oxygen atoms in total. The lowest BCUT2D eigenvalue weighted by atomic mass is 9.89. The summed E-state index contributed by atoms with van der Waals surface area (Å²) in [6.45, 7) is 6.74. The van der Waals surface area contributed by atoms with Crippen LogP contribution in [0.5, 0.6) is 17.2 Å². The Balaban J connectivity index is 1.77. The number of benzene rings is 4. The van der Waals surface area contributed by atoms with Crippen LogP contribution in [0.1, 0.15) is 66.8 Å². The lowest BCUT2D eigenvalue weighted by Crippen LogP contribution is -2.13. The molecule has 57 heavy (non-hydrogen) atoms. The molecule has 0 radical (unpaired) electrons. The van der Waals surface area contributed by atoms with Crippen molar-refractivity contribution in [2.75, 3.05) is 0 Å². The number of nitrogens with zero attached hydrogens (tertiary/aromatic N) is 18. The van der Waals surface area contributed by atoms with Gasteiger partial charge in [-0.2, -0.15) is 0 Å². The van der Waals surface area contributed by atoms with E-state index in [1.165, 1.54) is 0 Å². The lowest BCUT2D eigenvalue weighted by molar-refractivity contribution is 0.289. The standard InChI is InChI=1S/C36H36N18O3/c1-22-34(19-55-31-7-25(13-43-49-37)4-26(8-31)14-44-50-38)23(2)36(21-57-33-11-29(17-47-53-41)6-30(12-33)18-48-54-42)24(3)35(22)20-56-32-9-27(15-45-51-39)5-28(10-32)16-46-52-40/h4-12H,13-21H2,1-3H3. The fourth-order valence-electron chi connectivity index (χ4n) is 6.17. The molecular weight excluding hydrogens is 733 g/mol. The highest BCUT2D eigenvalue weighted by Crippen LogP contribution is 2.32. The maximum absolute atomic E-state index is 8.89. The van der Waals surface area contributed by atoms with Gasteiger partial charge >= 0.3 is 0 Å². The minimum atomic E-state index is 0.0752. The summed E-state index contributed by atoms with van der Waals surface area (Å²) >= 11 is 0. The number of azide groups is 6. The summed E-state index contributed by atoms with van der Waals surface area (Å²) in [7, 11) is 0. The second-order valence-corrected chi connectivity index (χ2v) is 12.5. The number of hydrogen-bond donors (Lipinski definition) is 0. The molecule has 0 aliphatic heterocycles. The van der Waals surface area contributed by atoms with Gasteiger partial charge in [-0.05, 0) is 157 Å². The van der Waals surface area contributed by atoms with Gasteiger partial charge in [0.15, 0.2) is 0 Å². The molecule has 0 fully saturated rings. The van der Waals surface area contributed by atoms with E-state index in [1.807, 2.05) is 20.8 Å². The third-order valence-corrected chi connectivity index (χ3v) is 8.84. The molecule has 0 heterocycles. The van der Waals surface area contributed by atoms with Gasteiger partial charge in [0.2, 0.25) is 0 Å². The van der Waals surface area contributed by atoms with Gasteiger partial charge in [0.05, 0.1) is 39.3 Å². The zero-order valence-electron chi connectivity index (χ0n) is 31.3. The van der Waals surface area contributed by atoms with Gasteiger partial charge < -0.3 is 14.2 Å². The average Bonchev–Trinajstić information content (AvgIpc) is 3.21. The quantitative estimate of drug-likeness (QED) is 0.0453. The third-order valence-electron chi connectivity index (χ3n) is 8.84. The predicted octanol–water partition coefficient (Wildman–Crippen LogP) is 12.2. The van der Waals surface area contributed by atoms with Gasteiger partial charge in [-0.3, -0.25) is 0 Å². The normalized spacial score (nSPS) is 9.95. The predicted molar refractivity (Wildman–Crippen MR) is 210 cm³/mol. The molecule has 0 unspecified atom stereocenters. The Hall–Kier alpha value is -7.86. The summed E-state index contributed by atoms with van der Waals surface area (Å²) in [6.07, 6.45) is 0. The zero-order chi connectivity index (χ0) is 41.0. The Bertz CT molecular complexity index is 2010. The van der Waals surface area contributed by atoms with Crippen LogP contribution in [0.4, 0.5) is 0 Å². The van der Waals surface area contributed by atoms with Crippen molar-refractivity contribution in [2.24, 2.45) is 30.7 Å². The maximum atomic E-state index is 8.89. The highest BCUT2D eigenvalue weighted by molar-refractivity contribution is 5.51. The number of hydrogen-bond acceptors (Lipinski definition) is 9. The van der Waals surface area contributed by atoms with E-state index in [2.05, 4.69) is 60.2 Å². The van der Waals surface area contributed by atoms with E-state index in [0.29, 0.717) is 50.6 Å². The van der Waals surface area contributed by atoms with Crippen molar-refractivity contribution < 1.29 is 14.2 Å². The largest absolute Gasteiger partial charge is 0.489 e. The first-order chi connectivity index (χ1) is 27.7. The van der Waals surface area contributed by atoms with E-state index in [9.17, 15) is 0 Å². The van der Waals surface area contributed by atoms with Crippen LogP contribution in [0.2, 0.25) is 0 Å². The first-order valence-electron chi connectivity index (χ1n) is 17.2. The zero-order valence-corrected chi connectivity index (χ0v) is 31.3. The fourth-order valence-corrected chi connectivity index (χ4v) is 6.17. The van der Waals surface area contributed by atoms with E-state index >= 15 is 0 Å². The summed E-state index contributed by atoms with van der Waals surface area (Å²) < 4.78 is 19.1. The highest BCUT2D eigenvalue weighted by atomic mass is 16.5. The maximum Gasteiger partial charge on any atom is 0.120 e. The SMILES string of the molecule is Cc1c(COc2cc(CN=[N+]=[N-])cc(CN=[N+]=[N-])c2)c(C)c(COc2cc(CN=[N+]=[N-])cc(CN=[N+]=[N-])c2)c(C)c1COc1cc(CN=[N+]=[N-])cc(CN=[N+]=[N-])c1. The summed E-state index contributed by atoms with van der Waals surface area (Å²) in [4.78, 5) is 17.1. The van der Waals surface area contributed by atoms with E-state index in [0.717, 1.165) is 33.4 Å². The molecule has 0 aliphatic carbocycles. The van der Waals surface area contributed by atoms with Gasteiger partial charge in [-0.25, -0.2) is 0 Å². The van der Waals surface area contributed by atoms with Crippen molar-refractivity contribution in [1.29, 1.82) is 0 Å². The lowest BCUT2D eigenvalue weighted by Gasteiger charge is -2.23. The molecule has 0 spiro atoms. The highest BCUT2D eigenvalue weighted by Gasteiger charge is 2.20. The molecule has 0 saturated carbocycles. The molecule has 0 amide bonds. The minimum Gasteiger partial charge on any atom is -0.489 e. The van der Waals surface area contributed by atoms with Crippen LogP contribution in [-0.2, 0) is 59.1 Å². The Morgan fingerprint density at radius 3 is 0.719 bits per heavy atom. The summed E-state index contributed by atoms with van der Waals surface area (Å²) in [6, 6.07) is 15.9. The van der Waals surface area contributed by atoms with Crippen molar-refractivity contribution in [3.63, 3.8) is 0 Å². The topological polar surface area (TPSA) is 320 Å². The van der Waals surface area contributed by atoms with E-state index in [1.54, 1.807) is 54.6 Å². The second kappa shape index (κ2) is 21.7. The summed E-state index contributed by atoms with van der Waals surface area (Å²) in [5.74, 6) is 1.44. The molecule has 0 bridgehead atoms. The molecule has 4 aromatic carbocycles. The summed E-state index contributed by atoms with van der Waals surface area (Å²) in [5.41, 5.74) is 62.7.